The summed E-state index contributed by atoms with van der Waals surface area (Å²) in [5, 5.41) is 14.7. The largest absolute Gasteiger partial charge is 0.506 e. The van der Waals surface area contributed by atoms with Crippen LogP contribution >= 0.6 is 0 Å². The van der Waals surface area contributed by atoms with Gasteiger partial charge in [-0.3, -0.25) is 4.79 Å². The van der Waals surface area contributed by atoms with E-state index in [-0.39, 0.29) is 17.6 Å². The van der Waals surface area contributed by atoms with Gasteiger partial charge in [0.25, 0.3) is 0 Å². The Morgan fingerprint density at radius 3 is 2.50 bits per heavy atom. The highest BCUT2D eigenvalue weighted by Gasteiger charge is 2.35. The zero-order valence-corrected chi connectivity index (χ0v) is 13.1. The standard InChI is InChI=1S/C19H16N2O3/c1-24-12-8-6-11(7-9-12)15-10-16(21-20-15)17-18(22)13-4-2-3-5-14(13)19(17)23/h2-9,15,20,22H,10H2,1H3. The molecule has 1 aliphatic heterocycles. The van der Waals surface area contributed by atoms with Gasteiger partial charge >= 0.3 is 0 Å². The molecule has 0 fully saturated rings. The second-order valence-corrected chi connectivity index (χ2v) is 5.82. The van der Waals surface area contributed by atoms with Gasteiger partial charge in [0, 0.05) is 17.5 Å². The highest BCUT2D eigenvalue weighted by Crippen LogP contribution is 2.35. The van der Waals surface area contributed by atoms with Crippen molar-refractivity contribution in [3.8, 4) is 5.75 Å². The molecule has 2 aromatic carbocycles. The number of carbonyl (C=O) groups excluding carboxylic acids is 1. The van der Waals surface area contributed by atoms with Crippen LogP contribution in [0.2, 0.25) is 0 Å². The number of methoxy groups -OCH3 is 1. The van der Waals surface area contributed by atoms with Crippen LogP contribution in [-0.2, 0) is 0 Å². The molecule has 2 aliphatic rings. The molecular formula is C19H16N2O3. The quantitative estimate of drug-likeness (QED) is 0.910. The predicted molar refractivity (Wildman–Crippen MR) is 91.2 cm³/mol. The van der Waals surface area contributed by atoms with Gasteiger partial charge in [-0.1, -0.05) is 36.4 Å². The highest BCUT2D eigenvalue weighted by molar-refractivity contribution is 6.35. The Hall–Kier alpha value is -3.08. The fourth-order valence-corrected chi connectivity index (χ4v) is 3.16. The van der Waals surface area contributed by atoms with Crippen molar-refractivity contribution in [1.82, 2.24) is 5.43 Å². The van der Waals surface area contributed by atoms with E-state index in [4.69, 9.17) is 4.74 Å². The molecule has 5 heteroatoms. The predicted octanol–water partition coefficient (Wildman–Crippen LogP) is 3.25. The number of hydrogen-bond donors (Lipinski definition) is 2. The maximum absolute atomic E-state index is 12.6. The van der Waals surface area contributed by atoms with Crippen molar-refractivity contribution < 1.29 is 14.6 Å². The number of hydrazone groups is 1. The SMILES string of the molecule is COc1ccc(C2CC(C3=C(O)c4ccccc4C3=O)=NN2)cc1. The molecule has 0 saturated heterocycles. The van der Waals surface area contributed by atoms with Gasteiger partial charge in [0.2, 0.25) is 0 Å². The summed E-state index contributed by atoms with van der Waals surface area (Å²) >= 11 is 0. The van der Waals surface area contributed by atoms with E-state index < -0.39 is 0 Å². The summed E-state index contributed by atoms with van der Waals surface area (Å²) in [6.07, 6.45) is 0.547. The molecule has 0 aromatic heterocycles. The van der Waals surface area contributed by atoms with Crippen molar-refractivity contribution >= 4 is 17.3 Å². The van der Waals surface area contributed by atoms with E-state index in [1.165, 1.54) is 0 Å². The first kappa shape index (κ1) is 14.5. The molecule has 0 amide bonds. The van der Waals surface area contributed by atoms with E-state index in [2.05, 4.69) is 10.5 Å². The second-order valence-electron chi connectivity index (χ2n) is 5.82. The Morgan fingerprint density at radius 1 is 1.12 bits per heavy atom. The minimum absolute atomic E-state index is 0.0199. The molecule has 5 nitrogen and oxygen atoms in total. The Morgan fingerprint density at radius 2 is 1.83 bits per heavy atom. The van der Waals surface area contributed by atoms with Crippen LogP contribution < -0.4 is 10.2 Å². The molecule has 0 spiro atoms. The molecule has 0 bridgehead atoms. The van der Waals surface area contributed by atoms with E-state index in [0.717, 1.165) is 11.3 Å². The summed E-state index contributed by atoms with van der Waals surface area (Å²) in [6, 6.07) is 14.8. The van der Waals surface area contributed by atoms with Crippen molar-refractivity contribution in [2.75, 3.05) is 7.11 Å². The van der Waals surface area contributed by atoms with Crippen molar-refractivity contribution in [2.24, 2.45) is 5.10 Å². The van der Waals surface area contributed by atoms with Crippen molar-refractivity contribution in [3.63, 3.8) is 0 Å². The number of nitrogens with one attached hydrogen (secondary N) is 1. The zero-order chi connectivity index (χ0) is 16.7. The van der Waals surface area contributed by atoms with Crippen molar-refractivity contribution in [2.45, 2.75) is 12.5 Å². The van der Waals surface area contributed by atoms with Crippen molar-refractivity contribution in [1.29, 1.82) is 0 Å². The number of hydrogen-bond acceptors (Lipinski definition) is 5. The normalized spacial score (nSPS) is 19.1. The van der Waals surface area contributed by atoms with Crippen LogP contribution in [0.4, 0.5) is 0 Å². The van der Waals surface area contributed by atoms with Crippen LogP contribution in [0.1, 0.15) is 33.9 Å². The summed E-state index contributed by atoms with van der Waals surface area (Å²) in [7, 11) is 1.63. The van der Waals surface area contributed by atoms with E-state index in [1.807, 2.05) is 24.3 Å². The van der Waals surface area contributed by atoms with Crippen LogP contribution in [-0.4, -0.2) is 23.7 Å². The third kappa shape index (κ3) is 2.17. The molecule has 1 atom stereocenters. The lowest BCUT2D eigenvalue weighted by atomic mass is 9.97. The van der Waals surface area contributed by atoms with Crippen LogP contribution in [0.25, 0.3) is 5.76 Å². The third-order valence-corrected chi connectivity index (χ3v) is 4.45. The molecule has 24 heavy (non-hydrogen) atoms. The molecular weight excluding hydrogens is 304 g/mol. The van der Waals surface area contributed by atoms with Crippen LogP contribution in [0.5, 0.6) is 5.75 Å². The smallest absolute Gasteiger partial charge is 0.199 e. The molecule has 0 radical (unpaired) electrons. The van der Waals surface area contributed by atoms with E-state index in [9.17, 15) is 9.90 Å². The number of fused-ring (bicyclic) bond motifs is 1. The molecule has 1 aliphatic carbocycles. The second kappa shape index (κ2) is 5.53. The number of allylic oxidation sites excluding steroid dienone is 1. The number of benzene rings is 2. The molecule has 2 aromatic rings. The Bertz CT molecular complexity index is 882. The lowest BCUT2D eigenvalue weighted by molar-refractivity contribution is 0.104. The Kier molecular flexibility index (Phi) is 3.34. The summed E-state index contributed by atoms with van der Waals surface area (Å²) in [6.45, 7) is 0. The summed E-state index contributed by atoms with van der Waals surface area (Å²) in [5.74, 6) is 0.644. The first-order valence-corrected chi connectivity index (χ1v) is 7.73. The number of carbonyl (C=O) groups is 1. The number of rotatable bonds is 3. The van der Waals surface area contributed by atoms with Crippen LogP contribution in [0.3, 0.4) is 0 Å². The van der Waals surface area contributed by atoms with Gasteiger partial charge in [0.05, 0.1) is 24.4 Å². The molecule has 4 rings (SSSR count). The molecule has 1 unspecified atom stereocenters. The minimum Gasteiger partial charge on any atom is -0.506 e. The zero-order valence-electron chi connectivity index (χ0n) is 13.1. The van der Waals surface area contributed by atoms with Gasteiger partial charge < -0.3 is 15.3 Å². The van der Waals surface area contributed by atoms with E-state index in [0.29, 0.717) is 28.8 Å². The molecule has 120 valence electrons. The van der Waals surface area contributed by atoms with E-state index >= 15 is 0 Å². The maximum Gasteiger partial charge on any atom is 0.199 e. The highest BCUT2D eigenvalue weighted by atomic mass is 16.5. The Labute approximate surface area is 139 Å². The molecule has 0 saturated carbocycles. The summed E-state index contributed by atoms with van der Waals surface area (Å²) < 4.78 is 5.16. The topological polar surface area (TPSA) is 70.9 Å². The lowest BCUT2D eigenvalue weighted by Gasteiger charge is -2.10. The number of Topliss-reactive ketones (excluding diaryl/α,β-unsaturated/α-hetero) is 1. The first-order valence-electron chi connectivity index (χ1n) is 7.73. The summed E-state index contributed by atoms with van der Waals surface area (Å²) in [5.41, 5.74) is 6.11. The number of ketones is 1. The van der Waals surface area contributed by atoms with Gasteiger partial charge in [0.1, 0.15) is 11.5 Å². The van der Waals surface area contributed by atoms with Gasteiger partial charge in [-0.05, 0) is 17.7 Å². The monoisotopic (exact) mass is 320 g/mol. The van der Waals surface area contributed by atoms with Crippen molar-refractivity contribution in [3.05, 3.63) is 70.8 Å². The molecule has 2 N–H and O–H groups in total. The average molecular weight is 320 g/mol. The average Bonchev–Trinajstić information content (AvgIpc) is 3.19. The van der Waals surface area contributed by atoms with Gasteiger partial charge in [-0.15, -0.1) is 0 Å². The first-order chi connectivity index (χ1) is 11.7. The Balaban J connectivity index is 1.59. The fraction of sp³-hybridized carbons (Fsp3) is 0.158. The van der Waals surface area contributed by atoms with Crippen LogP contribution in [0, 0.1) is 0 Å². The van der Waals surface area contributed by atoms with Gasteiger partial charge in [0.15, 0.2) is 5.78 Å². The van der Waals surface area contributed by atoms with Gasteiger partial charge in [-0.25, -0.2) is 0 Å². The number of aliphatic hydroxyl groups excluding tert-OH is 1. The number of aliphatic hydroxyl groups is 1. The lowest BCUT2D eigenvalue weighted by Crippen LogP contribution is -2.11. The number of ether oxygens (including phenoxy) is 1. The number of nitrogens with zero attached hydrogens (tertiary/aromatic N) is 1. The maximum atomic E-state index is 12.6. The third-order valence-electron chi connectivity index (χ3n) is 4.45. The van der Waals surface area contributed by atoms with E-state index in [1.54, 1.807) is 31.4 Å². The fourth-order valence-electron chi connectivity index (χ4n) is 3.16. The minimum atomic E-state index is -0.168. The van der Waals surface area contributed by atoms with Gasteiger partial charge in [-0.2, -0.15) is 5.10 Å². The molecule has 1 heterocycles. The summed E-state index contributed by atoms with van der Waals surface area (Å²) in [4.78, 5) is 12.6. The van der Waals surface area contributed by atoms with Crippen LogP contribution in [0.15, 0.2) is 59.2 Å².